The molecule has 1 atom stereocenters. The quantitative estimate of drug-likeness (QED) is 0.0612. The van der Waals surface area contributed by atoms with E-state index in [9.17, 15) is 18.0 Å². The molecule has 0 unspecified atom stereocenters. The Hall–Kier alpha value is -3.84. The van der Waals surface area contributed by atoms with Crippen LogP contribution >= 0.6 is 11.3 Å². The van der Waals surface area contributed by atoms with Gasteiger partial charge in [0, 0.05) is 24.9 Å². The maximum absolute atomic E-state index is 13.2. The second-order valence-corrected chi connectivity index (χ2v) is 13.6. The molecule has 0 radical (unpaired) electrons. The number of carbonyl (C=O) groups excluding carboxylic acids is 2. The van der Waals surface area contributed by atoms with E-state index in [4.69, 9.17) is 30.6 Å². The number of nitrogens with zero attached hydrogens (tertiary/aromatic N) is 5. The molecular formula is C28H38N8O8S2. The molecule has 0 bridgehead atoms. The first kappa shape index (κ1) is 33.5. The molecule has 18 heteroatoms. The first-order valence-electron chi connectivity index (χ1n) is 14.8. The summed E-state index contributed by atoms with van der Waals surface area (Å²) in [4.78, 5) is 42.2. The monoisotopic (exact) mass is 678 g/mol. The SMILES string of the molecule is CC1(C)[C@H](CC(=O)/C(=N\OCCOc2ccc3c(c2)CCN(C(N)=NC2CCNCC2)C3)c2csc(N)n2)C(=O)N1OS(=O)(=O)O. The van der Waals surface area contributed by atoms with Crippen molar-refractivity contribution in [2.75, 3.05) is 38.6 Å². The number of Topliss-reactive ketones (excluding diaryl/α,β-unsaturated/α-hetero) is 1. The minimum Gasteiger partial charge on any atom is -0.490 e. The molecule has 4 heterocycles. The first-order chi connectivity index (χ1) is 21.8. The molecular weight excluding hydrogens is 640 g/mol. The zero-order valence-corrected chi connectivity index (χ0v) is 27.2. The maximum Gasteiger partial charge on any atom is 0.418 e. The van der Waals surface area contributed by atoms with Gasteiger partial charge in [-0.05, 0) is 69.5 Å². The summed E-state index contributed by atoms with van der Waals surface area (Å²) in [6.45, 7) is 6.52. The summed E-state index contributed by atoms with van der Waals surface area (Å²) < 4.78 is 41.4. The Balaban J connectivity index is 1.15. The Morgan fingerprint density at radius 2 is 2.00 bits per heavy atom. The van der Waals surface area contributed by atoms with Crippen molar-refractivity contribution in [1.29, 1.82) is 0 Å². The van der Waals surface area contributed by atoms with Gasteiger partial charge in [0.05, 0.1) is 17.5 Å². The average molecular weight is 679 g/mol. The van der Waals surface area contributed by atoms with E-state index in [0.717, 1.165) is 55.8 Å². The van der Waals surface area contributed by atoms with Crippen molar-refractivity contribution >= 4 is 50.2 Å². The number of nitrogen functional groups attached to an aromatic ring is 1. The molecule has 3 aliphatic heterocycles. The Labute approximate surface area is 270 Å². The number of nitrogens with two attached hydrogens (primary N) is 2. The third-order valence-electron chi connectivity index (χ3n) is 8.20. The lowest BCUT2D eigenvalue weighted by Crippen LogP contribution is -2.68. The first-order valence-corrected chi connectivity index (χ1v) is 17.1. The number of carbonyl (C=O) groups is 2. The number of β-lactam (4-membered cyclic amide) rings is 1. The Morgan fingerprint density at radius 1 is 1.24 bits per heavy atom. The van der Waals surface area contributed by atoms with E-state index in [1.54, 1.807) is 0 Å². The van der Waals surface area contributed by atoms with Gasteiger partial charge in [0.15, 0.2) is 29.2 Å². The highest BCUT2D eigenvalue weighted by atomic mass is 32.3. The van der Waals surface area contributed by atoms with Gasteiger partial charge in [-0.3, -0.25) is 14.1 Å². The molecule has 250 valence electrons. The predicted octanol–water partition coefficient (Wildman–Crippen LogP) is 0.880. The summed E-state index contributed by atoms with van der Waals surface area (Å²) >= 11 is 1.10. The summed E-state index contributed by atoms with van der Waals surface area (Å²) in [6, 6.07) is 6.16. The van der Waals surface area contributed by atoms with Crippen LogP contribution in [-0.2, 0) is 42.1 Å². The van der Waals surface area contributed by atoms with Gasteiger partial charge in [0.1, 0.15) is 18.1 Å². The van der Waals surface area contributed by atoms with E-state index in [1.807, 2.05) is 18.2 Å². The van der Waals surface area contributed by atoms with Gasteiger partial charge in [-0.15, -0.1) is 15.6 Å². The average Bonchev–Trinajstić information content (AvgIpc) is 3.45. The number of oxime groups is 1. The van der Waals surface area contributed by atoms with Gasteiger partial charge < -0.3 is 31.3 Å². The van der Waals surface area contributed by atoms with Crippen molar-refractivity contribution in [2.45, 2.75) is 57.7 Å². The fraction of sp³-hybridized carbons (Fsp3) is 0.536. The number of ketones is 1. The standard InChI is InChI=1S/C28H38N8O8S2/c1-28(2)21(25(38)36(28)44-46(39,40)41)14-23(37)24(22-16-45-27(30)33-22)34-43-12-11-42-20-4-3-18-15-35(10-7-17(18)13-20)26(29)32-19-5-8-31-9-6-19/h3-4,13,16,19,21,31H,5-12,14-15H2,1-2H3,(H2,29,32)(H2,30,33)(H,39,40,41)/b34-24-/t21-/m1/s1. The van der Waals surface area contributed by atoms with E-state index in [1.165, 1.54) is 24.8 Å². The van der Waals surface area contributed by atoms with Crippen LogP contribution in [0.3, 0.4) is 0 Å². The summed E-state index contributed by atoms with van der Waals surface area (Å²) in [7, 11) is -4.92. The van der Waals surface area contributed by atoms with Gasteiger partial charge >= 0.3 is 10.4 Å². The van der Waals surface area contributed by atoms with Crippen LogP contribution in [0.1, 0.15) is 49.9 Å². The molecule has 46 heavy (non-hydrogen) atoms. The van der Waals surface area contributed by atoms with E-state index in [2.05, 4.69) is 24.6 Å². The number of fused-ring (bicyclic) bond motifs is 1. The smallest absolute Gasteiger partial charge is 0.418 e. The van der Waals surface area contributed by atoms with Crippen LogP contribution < -0.4 is 21.5 Å². The van der Waals surface area contributed by atoms with Gasteiger partial charge in [0.2, 0.25) is 0 Å². The third kappa shape index (κ3) is 7.92. The summed E-state index contributed by atoms with van der Waals surface area (Å²) in [5.74, 6) is -1.05. The number of aliphatic imine (C=N–C) groups is 1. The highest BCUT2D eigenvalue weighted by Gasteiger charge is 2.57. The van der Waals surface area contributed by atoms with Crippen LogP contribution in [0.5, 0.6) is 5.75 Å². The van der Waals surface area contributed by atoms with Crippen LogP contribution in [-0.4, -0.2) is 95.7 Å². The number of amides is 1. The van der Waals surface area contributed by atoms with Crippen molar-refractivity contribution in [3.63, 3.8) is 0 Å². The fourth-order valence-electron chi connectivity index (χ4n) is 5.61. The second-order valence-electron chi connectivity index (χ2n) is 11.7. The van der Waals surface area contributed by atoms with Crippen LogP contribution in [0.15, 0.2) is 33.7 Å². The van der Waals surface area contributed by atoms with E-state index in [-0.39, 0.29) is 42.2 Å². The number of anilines is 1. The number of hydrogen-bond donors (Lipinski definition) is 4. The summed E-state index contributed by atoms with van der Waals surface area (Å²) in [5.41, 5.74) is 13.3. The van der Waals surface area contributed by atoms with Crippen molar-refractivity contribution < 1.29 is 36.4 Å². The van der Waals surface area contributed by atoms with Crippen LogP contribution in [0.4, 0.5) is 5.13 Å². The zero-order valence-electron chi connectivity index (χ0n) is 25.5. The largest absolute Gasteiger partial charge is 0.490 e. The van der Waals surface area contributed by atoms with Crippen LogP contribution in [0.25, 0.3) is 0 Å². The topological polar surface area (TPSA) is 224 Å². The van der Waals surface area contributed by atoms with E-state index in [0.29, 0.717) is 23.3 Å². The highest BCUT2D eigenvalue weighted by Crippen LogP contribution is 2.40. The molecule has 5 rings (SSSR count). The number of ether oxygens (including phenoxy) is 1. The lowest BCUT2D eigenvalue weighted by molar-refractivity contribution is -0.228. The van der Waals surface area contributed by atoms with Crippen LogP contribution in [0, 0.1) is 5.92 Å². The Kier molecular flexibility index (Phi) is 10.1. The molecule has 2 saturated heterocycles. The third-order valence-corrected chi connectivity index (χ3v) is 9.21. The number of aromatic nitrogens is 1. The number of guanidine groups is 1. The second kappa shape index (κ2) is 13.9. The normalized spacial score (nSPS) is 20.7. The van der Waals surface area contributed by atoms with Crippen molar-refractivity contribution in [3.8, 4) is 5.75 Å². The number of rotatable bonds is 12. The minimum absolute atomic E-state index is 0.00871. The van der Waals surface area contributed by atoms with Gasteiger partial charge in [-0.25, -0.2) is 9.98 Å². The van der Waals surface area contributed by atoms with Crippen molar-refractivity contribution in [2.24, 2.45) is 21.8 Å². The zero-order chi connectivity index (χ0) is 33.1. The molecule has 2 aromatic rings. The number of hydroxylamine groups is 2. The van der Waals surface area contributed by atoms with Crippen molar-refractivity contribution in [1.82, 2.24) is 20.3 Å². The molecule has 0 aliphatic carbocycles. The molecule has 16 nitrogen and oxygen atoms in total. The lowest BCUT2D eigenvalue weighted by atomic mass is 9.74. The Bertz CT molecular complexity index is 1620. The van der Waals surface area contributed by atoms with Gasteiger partial charge in [0.25, 0.3) is 5.91 Å². The molecule has 0 spiro atoms. The number of benzene rings is 1. The summed E-state index contributed by atoms with van der Waals surface area (Å²) in [5, 5.41) is 9.59. The molecule has 3 aliphatic rings. The summed E-state index contributed by atoms with van der Waals surface area (Å²) in [6.07, 6.45) is 2.45. The molecule has 6 N–H and O–H groups in total. The molecule has 0 saturated carbocycles. The predicted molar refractivity (Wildman–Crippen MR) is 169 cm³/mol. The van der Waals surface area contributed by atoms with Crippen LogP contribution in [0.2, 0.25) is 0 Å². The fourth-order valence-corrected chi connectivity index (χ4v) is 6.61. The minimum atomic E-state index is -4.92. The van der Waals surface area contributed by atoms with Gasteiger partial charge in [-0.1, -0.05) is 11.2 Å². The number of piperidine rings is 1. The lowest BCUT2D eigenvalue weighted by Gasteiger charge is -2.50. The molecule has 1 aromatic heterocycles. The number of thiazole rings is 1. The number of hydrogen-bond acceptors (Lipinski definition) is 13. The number of nitrogens with one attached hydrogen (secondary N) is 1. The highest BCUT2D eigenvalue weighted by molar-refractivity contribution is 7.80. The Morgan fingerprint density at radius 3 is 2.67 bits per heavy atom. The maximum atomic E-state index is 13.2. The van der Waals surface area contributed by atoms with Crippen molar-refractivity contribution in [3.05, 3.63) is 40.4 Å². The van der Waals surface area contributed by atoms with E-state index < -0.39 is 33.5 Å². The molecule has 1 aromatic carbocycles. The molecule has 1 amide bonds. The van der Waals surface area contributed by atoms with Gasteiger partial charge in [-0.2, -0.15) is 13.5 Å². The molecule has 2 fully saturated rings. The van der Waals surface area contributed by atoms with E-state index >= 15 is 0 Å².